The Morgan fingerprint density at radius 1 is 1.35 bits per heavy atom. The van der Waals surface area contributed by atoms with Gasteiger partial charge in [-0.2, -0.15) is 0 Å². The van der Waals surface area contributed by atoms with Crippen molar-refractivity contribution in [1.29, 1.82) is 0 Å². The second-order valence-electron chi connectivity index (χ2n) is 6.69. The molecule has 112 valence electrons. The van der Waals surface area contributed by atoms with Crippen LogP contribution in [0, 0.1) is 5.41 Å². The number of anilines is 1. The fourth-order valence-electron chi connectivity index (χ4n) is 2.10. The Hall–Kier alpha value is -1.65. The molecular formula is C15H25N3O2. The molecule has 1 atom stereocenters. The Morgan fingerprint density at radius 2 is 2.00 bits per heavy atom. The van der Waals surface area contributed by atoms with E-state index in [1.54, 1.807) is 0 Å². The zero-order valence-electron chi connectivity index (χ0n) is 13.0. The lowest BCUT2D eigenvalue weighted by Gasteiger charge is -2.26. The van der Waals surface area contributed by atoms with E-state index in [1.807, 2.05) is 6.07 Å². The van der Waals surface area contributed by atoms with E-state index in [1.165, 1.54) is 6.33 Å². The van der Waals surface area contributed by atoms with Crippen molar-refractivity contribution in [2.75, 3.05) is 5.32 Å². The SMILES string of the molecule is CC(C)c1cc(NC(CC(=O)O)CC(C)(C)C)ncn1. The van der Waals surface area contributed by atoms with Crippen LogP contribution in [-0.4, -0.2) is 27.1 Å². The second kappa shape index (κ2) is 6.68. The molecule has 1 unspecified atom stereocenters. The summed E-state index contributed by atoms with van der Waals surface area (Å²) in [7, 11) is 0. The smallest absolute Gasteiger partial charge is 0.305 e. The van der Waals surface area contributed by atoms with Gasteiger partial charge in [0.2, 0.25) is 0 Å². The molecule has 0 aliphatic carbocycles. The summed E-state index contributed by atoms with van der Waals surface area (Å²) in [6.07, 6.45) is 2.37. The molecular weight excluding hydrogens is 254 g/mol. The molecule has 0 amide bonds. The average Bonchev–Trinajstić information content (AvgIpc) is 2.25. The summed E-state index contributed by atoms with van der Waals surface area (Å²) in [5.41, 5.74) is 1.01. The minimum Gasteiger partial charge on any atom is -0.481 e. The van der Waals surface area contributed by atoms with Crippen LogP contribution in [0.3, 0.4) is 0 Å². The van der Waals surface area contributed by atoms with Crippen molar-refractivity contribution in [3.63, 3.8) is 0 Å². The van der Waals surface area contributed by atoms with Crippen LogP contribution in [0.4, 0.5) is 5.82 Å². The van der Waals surface area contributed by atoms with Crippen LogP contribution in [0.5, 0.6) is 0 Å². The van der Waals surface area contributed by atoms with Crippen molar-refractivity contribution >= 4 is 11.8 Å². The molecule has 0 bridgehead atoms. The molecule has 0 aromatic carbocycles. The van der Waals surface area contributed by atoms with Crippen molar-refractivity contribution in [3.05, 3.63) is 18.1 Å². The number of hydrogen-bond donors (Lipinski definition) is 2. The van der Waals surface area contributed by atoms with Crippen LogP contribution in [0.15, 0.2) is 12.4 Å². The monoisotopic (exact) mass is 279 g/mol. The number of carboxylic acids is 1. The topological polar surface area (TPSA) is 75.1 Å². The van der Waals surface area contributed by atoms with Gasteiger partial charge in [0, 0.05) is 17.8 Å². The fourth-order valence-corrected chi connectivity index (χ4v) is 2.10. The molecule has 0 saturated carbocycles. The first-order valence-electron chi connectivity index (χ1n) is 6.97. The predicted molar refractivity (Wildman–Crippen MR) is 79.9 cm³/mol. The van der Waals surface area contributed by atoms with Crippen molar-refractivity contribution in [2.45, 2.75) is 59.4 Å². The third-order valence-corrected chi connectivity index (χ3v) is 2.91. The minimum atomic E-state index is -0.801. The molecule has 0 radical (unpaired) electrons. The highest BCUT2D eigenvalue weighted by atomic mass is 16.4. The third kappa shape index (κ3) is 5.99. The van der Waals surface area contributed by atoms with Gasteiger partial charge in [-0.25, -0.2) is 9.97 Å². The van der Waals surface area contributed by atoms with Gasteiger partial charge in [-0.05, 0) is 17.8 Å². The quantitative estimate of drug-likeness (QED) is 0.835. The molecule has 2 N–H and O–H groups in total. The zero-order valence-corrected chi connectivity index (χ0v) is 13.0. The van der Waals surface area contributed by atoms with Gasteiger partial charge in [0.1, 0.15) is 12.1 Å². The van der Waals surface area contributed by atoms with Crippen LogP contribution in [0.1, 0.15) is 59.1 Å². The van der Waals surface area contributed by atoms with E-state index in [0.717, 1.165) is 12.1 Å². The number of aromatic nitrogens is 2. The molecule has 5 heteroatoms. The van der Waals surface area contributed by atoms with Gasteiger partial charge in [0.15, 0.2) is 0 Å². The number of nitrogens with zero attached hydrogens (tertiary/aromatic N) is 2. The maximum Gasteiger partial charge on any atom is 0.305 e. The minimum absolute atomic E-state index is 0.0566. The molecule has 1 heterocycles. The van der Waals surface area contributed by atoms with E-state index >= 15 is 0 Å². The fraction of sp³-hybridized carbons (Fsp3) is 0.667. The zero-order chi connectivity index (χ0) is 15.3. The van der Waals surface area contributed by atoms with E-state index < -0.39 is 5.97 Å². The summed E-state index contributed by atoms with van der Waals surface area (Å²) in [6, 6.07) is 1.75. The largest absolute Gasteiger partial charge is 0.481 e. The molecule has 0 fully saturated rings. The summed E-state index contributed by atoms with van der Waals surface area (Å²) in [5, 5.41) is 12.3. The van der Waals surface area contributed by atoms with Gasteiger partial charge in [-0.15, -0.1) is 0 Å². The molecule has 1 rings (SSSR count). The second-order valence-corrected chi connectivity index (χ2v) is 6.69. The summed E-state index contributed by atoms with van der Waals surface area (Å²) in [4.78, 5) is 19.4. The molecule has 0 spiro atoms. The van der Waals surface area contributed by atoms with Gasteiger partial charge in [0.05, 0.1) is 6.42 Å². The molecule has 20 heavy (non-hydrogen) atoms. The third-order valence-electron chi connectivity index (χ3n) is 2.91. The van der Waals surface area contributed by atoms with Crippen molar-refractivity contribution in [2.24, 2.45) is 5.41 Å². The highest BCUT2D eigenvalue weighted by Gasteiger charge is 2.21. The number of carboxylic acid groups (broad SMARTS) is 1. The van der Waals surface area contributed by atoms with Gasteiger partial charge >= 0.3 is 5.97 Å². The van der Waals surface area contributed by atoms with Crippen molar-refractivity contribution in [3.8, 4) is 0 Å². The van der Waals surface area contributed by atoms with Crippen molar-refractivity contribution < 1.29 is 9.90 Å². The molecule has 0 saturated heterocycles. The first-order valence-corrected chi connectivity index (χ1v) is 6.97. The Kier molecular flexibility index (Phi) is 5.48. The van der Waals surface area contributed by atoms with E-state index in [4.69, 9.17) is 5.11 Å². The molecule has 5 nitrogen and oxygen atoms in total. The summed E-state index contributed by atoms with van der Waals surface area (Å²) < 4.78 is 0. The highest BCUT2D eigenvalue weighted by molar-refractivity contribution is 5.68. The normalized spacial score (nSPS) is 13.3. The van der Waals surface area contributed by atoms with E-state index in [0.29, 0.717) is 11.7 Å². The Morgan fingerprint density at radius 3 is 2.50 bits per heavy atom. The maximum atomic E-state index is 11.0. The van der Waals surface area contributed by atoms with E-state index in [9.17, 15) is 4.79 Å². The number of hydrogen-bond acceptors (Lipinski definition) is 4. The molecule has 1 aromatic heterocycles. The number of nitrogens with one attached hydrogen (secondary N) is 1. The number of aliphatic carboxylic acids is 1. The van der Waals surface area contributed by atoms with Crippen LogP contribution >= 0.6 is 0 Å². The first-order chi connectivity index (χ1) is 9.17. The molecule has 1 aromatic rings. The maximum absolute atomic E-state index is 11.0. The van der Waals surface area contributed by atoms with Crippen LogP contribution in [-0.2, 0) is 4.79 Å². The van der Waals surface area contributed by atoms with E-state index in [2.05, 4.69) is 49.9 Å². The van der Waals surface area contributed by atoms with Gasteiger partial charge in [-0.3, -0.25) is 4.79 Å². The number of rotatable bonds is 6. The summed E-state index contributed by atoms with van der Waals surface area (Å²) in [6.45, 7) is 10.4. The molecule has 0 aliphatic rings. The van der Waals surface area contributed by atoms with Crippen molar-refractivity contribution in [1.82, 2.24) is 9.97 Å². The Balaban J connectivity index is 2.83. The summed E-state index contributed by atoms with van der Waals surface area (Å²) in [5.74, 6) is 0.211. The lowest BCUT2D eigenvalue weighted by molar-refractivity contribution is -0.137. The van der Waals surface area contributed by atoms with Gasteiger partial charge in [-0.1, -0.05) is 34.6 Å². The Labute approximate surface area is 120 Å². The predicted octanol–water partition coefficient (Wildman–Crippen LogP) is 3.29. The van der Waals surface area contributed by atoms with Crippen LogP contribution in [0.25, 0.3) is 0 Å². The highest BCUT2D eigenvalue weighted by Crippen LogP contribution is 2.24. The standard InChI is InChI=1S/C15H25N3O2/c1-10(2)12-7-13(17-9-16-12)18-11(6-14(19)20)8-15(3,4)5/h7,9-11H,6,8H2,1-5H3,(H,19,20)(H,16,17,18). The summed E-state index contributed by atoms with van der Waals surface area (Å²) >= 11 is 0. The van der Waals surface area contributed by atoms with Gasteiger partial charge < -0.3 is 10.4 Å². The molecule has 0 aliphatic heterocycles. The van der Waals surface area contributed by atoms with E-state index in [-0.39, 0.29) is 17.9 Å². The van der Waals surface area contributed by atoms with Crippen LogP contribution < -0.4 is 5.32 Å². The lowest BCUT2D eigenvalue weighted by Crippen LogP contribution is -2.28. The first kappa shape index (κ1) is 16.4. The lowest BCUT2D eigenvalue weighted by atomic mass is 9.87. The number of carbonyl (C=O) groups is 1. The average molecular weight is 279 g/mol. The van der Waals surface area contributed by atoms with Crippen LogP contribution in [0.2, 0.25) is 0 Å². The van der Waals surface area contributed by atoms with Gasteiger partial charge in [0.25, 0.3) is 0 Å². The Bertz CT molecular complexity index is 453.